The maximum Gasteiger partial charge on any atom is 0.182 e. The maximum atomic E-state index is 4.28. The van der Waals surface area contributed by atoms with Crippen LogP contribution in [-0.2, 0) is 0 Å². The van der Waals surface area contributed by atoms with Gasteiger partial charge in [-0.05, 0) is 25.5 Å². The Bertz CT molecular complexity index is 675. The summed E-state index contributed by atoms with van der Waals surface area (Å²) in [7, 11) is 4.16. The number of aromatic nitrogens is 4. The van der Waals surface area contributed by atoms with Crippen LogP contribution in [0.3, 0.4) is 0 Å². The summed E-state index contributed by atoms with van der Waals surface area (Å²) in [6.45, 7) is 0.776. The smallest absolute Gasteiger partial charge is 0.182 e. The zero-order valence-electron chi connectivity index (χ0n) is 11.4. The number of hydrogen-bond acceptors (Lipinski definition) is 6. The first-order chi connectivity index (χ1) is 9.75. The van der Waals surface area contributed by atoms with E-state index in [-0.39, 0.29) is 0 Å². The van der Waals surface area contributed by atoms with Crippen molar-refractivity contribution in [3.63, 3.8) is 0 Å². The Kier molecular flexibility index (Phi) is 3.62. The van der Waals surface area contributed by atoms with Crippen molar-refractivity contribution in [1.82, 2.24) is 24.8 Å². The summed E-state index contributed by atoms with van der Waals surface area (Å²) >= 11 is 1.77. The van der Waals surface area contributed by atoms with Gasteiger partial charge in [0.05, 0.1) is 12.4 Å². The number of rotatable bonds is 5. The number of anilines is 1. The topological polar surface area (TPSA) is 69.7 Å². The zero-order chi connectivity index (χ0) is 13.9. The van der Waals surface area contributed by atoms with Gasteiger partial charge in [0.15, 0.2) is 11.5 Å². The van der Waals surface area contributed by atoms with E-state index in [1.54, 1.807) is 17.7 Å². The largest absolute Gasteiger partial charge is 0.366 e. The van der Waals surface area contributed by atoms with E-state index in [2.05, 4.69) is 61.8 Å². The van der Waals surface area contributed by atoms with Crippen LogP contribution in [0, 0.1) is 0 Å². The normalized spacial score (nSPS) is 12.9. The molecule has 0 spiro atoms. The Morgan fingerprint density at radius 3 is 3.00 bits per heavy atom. The third-order valence-electron chi connectivity index (χ3n) is 3.18. The highest BCUT2D eigenvalue weighted by Crippen LogP contribution is 2.24. The first-order valence-electron chi connectivity index (χ1n) is 6.33. The lowest BCUT2D eigenvalue weighted by Crippen LogP contribution is -2.26. The highest BCUT2D eigenvalue weighted by Gasteiger charge is 2.16. The molecule has 0 radical (unpaired) electrons. The Balaban J connectivity index is 1.79. The standard InChI is InChI=1S/C13H16N6S/c1-19(2)9(10-4-3-5-20-10)6-14-12-11-13(16-7-15-11)18-8-17-12/h3-5,7-9H,6H2,1-2H3,(H2,14,15,16,17,18). The average molecular weight is 288 g/mol. The number of hydrogen-bond donors (Lipinski definition) is 2. The van der Waals surface area contributed by atoms with Crippen LogP contribution in [0.1, 0.15) is 10.9 Å². The molecule has 3 rings (SSSR count). The van der Waals surface area contributed by atoms with Crippen molar-refractivity contribution in [2.24, 2.45) is 0 Å². The van der Waals surface area contributed by atoms with Crippen LogP contribution in [0.2, 0.25) is 0 Å². The van der Waals surface area contributed by atoms with Crippen LogP contribution in [0.25, 0.3) is 11.2 Å². The van der Waals surface area contributed by atoms with Crippen molar-refractivity contribution in [3.05, 3.63) is 35.0 Å². The molecular weight excluding hydrogens is 272 g/mol. The van der Waals surface area contributed by atoms with Gasteiger partial charge in [-0.15, -0.1) is 11.3 Å². The number of nitrogens with zero attached hydrogens (tertiary/aromatic N) is 4. The highest BCUT2D eigenvalue weighted by atomic mass is 32.1. The van der Waals surface area contributed by atoms with E-state index in [0.29, 0.717) is 11.7 Å². The molecule has 0 bridgehead atoms. The van der Waals surface area contributed by atoms with Gasteiger partial charge in [-0.3, -0.25) is 0 Å². The molecule has 20 heavy (non-hydrogen) atoms. The second-order valence-corrected chi connectivity index (χ2v) is 5.68. The molecule has 0 saturated carbocycles. The number of thiophene rings is 1. The minimum atomic E-state index is 0.308. The van der Waals surface area contributed by atoms with Gasteiger partial charge in [-0.2, -0.15) is 0 Å². The Labute approximate surface area is 120 Å². The van der Waals surface area contributed by atoms with Gasteiger partial charge in [0.2, 0.25) is 0 Å². The summed E-state index contributed by atoms with van der Waals surface area (Å²) in [4.78, 5) is 19.1. The van der Waals surface area contributed by atoms with E-state index < -0.39 is 0 Å². The van der Waals surface area contributed by atoms with Crippen molar-refractivity contribution in [1.29, 1.82) is 0 Å². The minimum Gasteiger partial charge on any atom is -0.366 e. The monoisotopic (exact) mass is 288 g/mol. The molecule has 0 amide bonds. The number of H-pyrrole nitrogens is 1. The zero-order valence-corrected chi connectivity index (χ0v) is 12.2. The second kappa shape index (κ2) is 5.56. The first kappa shape index (κ1) is 13.0. The summed E-state index contributed by atoms with van der Waals surface area (Å²) in [6, 6.07) is 4.54. The lowest BCUT2D eigenvalue weighted by molar-refractivity contribution is 0.316. The minimum absolute atomic E-state index is 0.308. The Morgan fingerprint density at radius 2 is 2.25 bits per heavy atom. The molecule has 6 nitrogen and oxygen atoms in total. The summed E-state index contributed by atoms with van der Waals surface area (Å²) in [6.07, 6.45) is 3.16. The van der Waals surface area contributed by atoms with Gasteiger partial charge in [-0.1, -0.05) is 6.07 Å². The molecule has 0 aromatic carbocycles. The number of fused-ring (bicyclic) bond motifs is 1. The van der Waals surface area contributed by atoms with E-state index >= 15 is 0 Å². The van der Waals surface area contributed by atoms with Gasteiger partial charge in [0, 0.05) is 11.4 Å². The van der Waals surface area contributed by atoms with Crippen molar-refractivity contribution in [2.75, 3.05) is 26.0 Å². The SMILES string of the molecule is CN(C)C(CNc1ncnc2nc[nH]c12)c1cccs1. The van der Waals surface area contributed by atoms with Gasteiger partial charge >= 0.3 is 0 Å². The molecule has 3 aromatic heterocycles. The van der Waals surface area contributed by atoms with Gasteiger partial charge in [0.25, 0.3) is 0 Å². The molecule has 1 unspecified atom stereocenters. The van der Waals surface area contributed by atoms with Crippen LogP contribution in [0.5, 0.6) is 0 Å². The highest BCUT2D eigenvalue weighted by molar-refractivity contribution is 7.10. The summed E-state index contributed by atoms with van der Waals surface area (Å²) < 4.78 is 0. The first-order valence-corrected chi connectivity index (χ1v) is 7.21. The molecule has 3 heterocycles. The lowest BCUT2D eigenvalue weighted by Gasteiger charge is -2.23. The van der Waals surface area contributed by atoms with E-state index in [4.69, 9.17) is 0 Å². The van der Waals surface area contributed by atoms with Crippen LogP contribution in [0.15, 0.2) is 30.2 Å². The predicted molar refractivity (Wildman–Crippen MR) is 80.9 cm³/mol. The van der Waals surface area contributed by atoms with Crippen molar-refractivity contribution < 1.29 is 0 Å². The van der Waals surface area contributed by atoms with Crippen LogP contribution in [0.4, 0.5) is 5.82 Å². The average Bonchev–Trinajstić information content (AvgIpc) is 3.09. The fourth-order valence-corrected chi connectivity index (χ4v) is 3.03. The molecule has 7 heteroatoms. The molecule has 2 N–H and O–H groups in total. The van der Waals surface area contributed by atoms with Crippen molar-refractivity contribution >= 4 is 28.3 Å². The molecule has 0 saturated heterocycles. The fraction of sp³-hybridized carbons (Fsp3) is 0.308. The van der Waals surface area contributed by atoms with Crippen molar-refractivity contribution in [2.45, 2.75) is 6.04 Å². The number of likely N-dealkylation sites (N-methyl/N-ethyl adjacent to an activating group) is 1. The Morgan fingerprint density at radius 1 is 1.35 bits per heavy atom. The Hall–Kier alpha value is -1.99. The number of imidazole rings is 1. The molecule has 104 valence electrons. The predicted octanol–water partition coefficient (Wildman–Crippen LogP) is 2.13. The second-order valence-electron chi connectivity index (χ2n) is 4.70. The summed E-state index contributed by atoms with van der Waals surface area (Å²) in [5.74, 6) is 0.788. The molecule has 0 fully saturated rings. The third-order valence-corrected chi connectivity index (χ3v) is 4.15. The van der Waals surface area contributed by atoms with Gasteiger partial charge < -0.3 is 15.2 Å². The van der Waals surface area contributed by atoms with E-state index in [0.717, 1.165) is 17.9 Å². The molecular formula is C13H16N6S. The van der Waals surface area contributed by atoms with Crippen LogP contribution in [-0.4, -0.2) is 45.5 Å². The van der Waals surface area contributed by atoms with Gasteiger partial charge in [0.1, 0.15) is 11.8 Å². The third kappa shape index (κ3) is 2.50. The fourth-order valence-electron chi connectivity index (χ4n) is 2.11. The van der Waals surface area contributed by atoms with Crippen LogP contribution < -0.4 is 5.32 Å². The number of nitrogens with one attached hydrogen (secondary N) is 2. The maximum absolute atomic E-state index is 4.28. The van der Waals surface area contributed by atoms with Crippen molar-refractivity contribution in [3.8, 4) is 0 Å². The number of aromatic amines is 1. The summed E-state index contributed by atoms with van der Waals surface area (Å²) in [5, 5.41) is 5.49. The molecule has 0 aliphatic carbocycles. The van der Waals surface area contributed by atoms with E-state index in [1.807, 2.05) is 0 Å². The molecule has 1 atom stereocenters. The summed E-state index contributed by atoms with van der Waals surface area (Å²) in [5.41, 5.74) is 1.52. The van der Waals surface area contributed by atoms with Gasteiger partial charge in [-0.25, -0.2) is 15.0 Å². The van der Waals surface area contributed by atoms with E-state index in [1.165, 1.54) is 11.2 Å². The molecule has 0 aliphatic rings. The molecule has 3 aromatic rings. The van der Waals surface area contributed by atoms with E-state index in [9.17, 15) is 0 Å². The van der Waals surface area contributed by atoms with Crippen LogP contribution >= 0.6 is 11.3 Å². The molecule has 0 aliphatic heterocycles. The quantitative estimate of drug-likeness (QED) is 0.752. The lowest BCUT2D eigenvalue weighted by atomic mass is 10.2.